The second-order valence-electron chi connectivity index (χ2n) is 5.49. The molecule has 4 atom stereocenters. The lowest BCUT2D eigenvalue weighted by Gasteiger charge is -2.07. The van der Waals surface area contributed by atoms with Crippen LogP contribution in [0, 0.1) is 0 Å². The van der Waals surface area contributed by atoms with Crippen molar-refractivity contribution in [1.82, 2.24) is 20.9 Å². The van der Waals surface area contributed by atoms with Crippen molar-refractivity contribution in [2.24, 2.45) is 0 Å². The fraction of sp³-hybridized carbons (Fsp3) is 1.00. The maximum absolute atomic E-state index is 3.43. The van der Waals surface area contributed by atoms with Crippen LogP contribution in [0.3, 0.4) is 0 Å². The van der Waals surface area contributed by atoms with E-state index in [-0.39, 0.29) is 0 Å². The maximum atomic E-state index is 3.43. The lowest BCUT2D eigenvalue weighted by molar-refractivity contribution is 0.362. The minimum absolute atomic E-state index is 0.302. The molecule has 0 spiro atoms. The van der Waals surface area contributed by atoms with Gasteiger partial charge in [-0.1, -0.05) is 13.8 Å². The van der Waals surface area contributed by atoms with Crippen molar-refractivity contribution in [3.8, 4) is 0 Å². The number of hydrogen-bond donors (Lipinski definition) is 2. The molecule has 2 saturated heterocycles. The third kappa shape index (κ3) is 2.40. The van der Waals surface area contributed by atoms with Gasteiger partial charge in [-0.15, -0.1) is 0 Å². The number of nitrogens with one attached hydrogen (secondary N) is 2. The Labute approximate surface area is 99.3 Å². The van der Waals surface area contributed by atoms with Gasteiger partial charge in [0, 0.05) is 13.1 Å². The molecule has 4 nitrogen and oxygen atoms in total. The second-order valence-corrected chi connectivity index (χ2v) is 5.49. The van der Waals surface area contributed by atoms with Crippen molar-refractivity contribution in [2.75, 3.05) is 13.1 Å². The lowest BCUT2D eigenvalue weighted by atomic mass is 10.2. The van der Waals surface area contributed by atoms with E-state index in [1.807, 2.05) is 0 Å². The van der Waals surface area contributed by atoms with Crippen molar-refractivity contribution in [3.05, 3.63) is 0 Å². The molecule has 0 aromatic carbocycles. The quantitative estimate of drug-likeness (QED) is 0.512. The Morgan fingerprint density at radius 1 is 0.812 bits per heavy atom. The van der Waals surface area contributed by atoms with Gasteiger partial charge >= 0.3 is 0 Å². The van der Waals surface area contributed by atoms with Crippen molar-refractivity contribution in [1.29, 1.82) is 0 Å². The first-order valence-electron chi connectivity index (χ1n) is 6.65. The first-order chi connectivity index (χ1) is 7.54. The van der Waals surface area contributed by atoms with Gasteiger partial charge in [0.05, 0.1) is 11.3 Å². The molecular formula is C12H26N4. The van der Waals surface area contributed by atoms with Crippen LogP contribution in [0.25, 0.3) is 0 Å². The molecule has 4 heteroatoms. The first kappa shape index (κ1) is 12.3. The highest BCUT2D eigenvalue weighted by molar-refractivity contribution is 4.93. The molecule has 2 aliphatic rings. The van der Waals surface area contributed by atoms with Crippen LogP contribution in [0.2, 0.25) is 0 Å². The largest absolute Gasteiger partial charge is 0.232 e. The van der Waals surface area contributed by atoms with E-state index in [9.17, 15) is 0 Å². The van der Waals surface area contributed by atoms with Crippen LogP contribution in [0.5, 0.6) is 0 Å². The summed E-state index contributed by atoms with van der Waals surface area (Å²) in [4.78, 5) is 0. The molecule has 2 N–H and O–H groups in total. The molecule has 2 rings (SSSR count). The fourth-order valence-electron chi connectivity index (χ4n) is 2.22. The van der Waals surface area contributed by atoms with E-state index in [0.29, 0.717) is 11.3 Å². The molecule has 2 aliphatic heterocycles. The van der Waals surface area contributed by atoms with Gasteiger partial charge in [0.1, 0.15) is 0 Å². The van der Waals surface area contributed by atoms with Crippen LogP contribution >= 0.6 is 0 Å². The standard InChI is InChI=1S/C12H26N4/c1-5-11(3)13-15(11)9-7-8-10-16-12(4,6-2)14-16/h13-14H,5-10H2,1-4H3. The lowest BCUT2D eigenvalue weighted by Crippen LogP contribution is -2.16. The highest BCUT2D eigenvalue weighted by Crippen LogP contribution is 2.29. The summed E-state index contributed by atoms with van der Waals surface area (Å²) >= 11 is 0. The van der Waals surface area contributed by atoms with Gasteiger partial charge in [-0.25, -0.2) is 20.9 Å². The predicted octanol–water partition coefficient (Wildman–Crippen LogP) is 1.66. The van der Waals surface area contributed by atoms with Gasteiger partial charge in [0.25, 0.3) is 0 Å². The Hall–Kier alpha value is -0.160. The van der Waals surface area contributed by atoms with Gasteiger partial charge in [-0.3, -0.25) is 0 Å². The topological polar surface area (TPSA) is 49.9 Å². The van der Waals surface area contributed by atoms with Crippen molar-refractivity contribution < 1.29 is 0 Å². The van der Waals surface area contributed by atoms with E-state index in [0.717, 1.165) is 0 Å². The smallest absolute Gasteiger partial charge is 0.0943 e. The molecule has 0 radical (unpaired) electrons. The Kier molecular flexibility index (Phi) is 3.27. The molecule has 0 aliphatic carbocycles. The third-order valence-corrected chi connectivity index (χ3v) is 4.23. The SMILES string of the molecule is CCC1(C)NN1CCCCN1NC1(C)CC. The zero-order chi connectivity index (χ0) is 11.8. The van der Waals surface area contributed by atoms with Crippen LogP contribution in [0.1, 0.15) is 53.4 Å². The highest BCUT2D eigenvalue weighted by Gasteiger charge is 2.46. The van der Waals surface area contributed by atoms with E-state index in [4.69, 9.17) is 0 Å². The fourth-order valence-corrected chi connectivity index (χ4v) is 2.22. The average molecular weight is 226 g/mol. The average Bonchev–Trinajstić information content (AvgIpc) is 3.13. The molecule has 0 aromatic rings. The van der Waals surface area contributed by atoms with Crippen molar-refractivity contribution in [3.63, 3.8) is 0 Å². The minimum Gasteiger partial charge on any atom is -0.232 e. The van der Waals surface area contributed by atoms with E-state index in [1.165, 1.54) is 38.8 Å². The van der Waals surface area contributed by atoms with Crippen molar-refractivity contribution in [2.45, 2.75) is 64.7 Å². The van der Waals surface area contributed by atoms with E-state index in [1.54, 1.807) is 0 Å². The number of unbranched alkanes of at least 4 members (excludes halogenated alkanes) is 1. The van der Waals surface area contributed by atoms with E-state index < -0.39 is 0 Å². The van der Waals surface area contributed by atoms with Crippen LogP contribution in [-0.4, -0.2) is 34.4 Å². The summed E-state index contributed by atoms with van der Waals surface area (Å²) in [5.41, 5.74) is 7.46. The van der Waals surface area contributed by atoms with Gasteiger partial charge < -0.3 is 0 Å². The van der Waals surface area contributed by atoms with Crippen LogP contribution in [0.15, 0.2) is 0 Å². The predicted molar refractivity (Wildman–Crippen MR) is 66.3 cm³/mol. The molecule has 0 bridgehead atoms. The van der Waals surface area contributed by atoms with Gasteiger partial charge in [-0.05, 0) is 39.5 Å². The monoisotopic (exact) mass is 226 g/mol. The molecule has 2 fully saturated rings. The summed E-state index contributed by atoms with van der Waals surface area (Å²) < 4.78 is 0. The summed E-state index contributed by atoms with van der Waals surface area (Å²) in [6, 6.07) is 0. The molecule has 94 valence electrons. The van der Waals surface area contributed by atoms with Gasteiger partial charge in [-0.2, -0.15) is 0 Å². The summed E-state index contributed by atoms with van der Waals surface area (Å²) in [5.74, 6) is 0. The van der Waals surface area contributed by atoms with Crippen LogP contribution in [-0.2, 0) is 0 Å². The number of hydrogen-bond acceptors (Lipinski definition) is 4. The molecule has 0 saturated carbocycles. The van der Waals surface area contributed by atoms with Crippen LogP contribution < -0.4 is 10.9 Å². The zero-order valence-corrected chi connectivity index (χ0v) is 11.1. The normalized spacial score (nSPS) is 45.8. The Morgan fingerprint density at radius 2 is 1.19 bits per heavy atom. The molecule has 0 amide bonds. The summed E-state index contributed by atoms with van der Waals surface area (Å²) in [5, 5.41) is 4.73. The van der Waals surface area contributed by atoms with Crippen molar-refractivity contribution >= 4 is 0 Å². The zero-order valence-electron chi connectivity index (χ0n) is 11.1. The first-order valence-corrected chi connectivity index (χ1v) is 6.65. The Morgan fingerprint density at radius 3 is 1.44 bits per heavy atom. The Balaban J connectivity index is 1.51. The molecule has 4 unspecified atom stereocenters. The summed E-state index contributed by atoms with van der Waals surface area (Å²) in [6.45, 7) is 11.4. The maximum Gasteiger partial charge on any atom is 0.0943 e. The van der Waals surface area contributed by atoms with E-state index >= 15 is 0 Å². The molecule has 0 aromatic heterocycles. The number of nitrogens with zero attached hydrogens (tertiary/aromatic N) is 2. The van der Waals surface area contributed by atoms with Gasteiger partial charge in [0.15, 0.2) is 0 Å². The molecule has 2 heterocycles. The third-order valence-electron chi connectivity index (χ3n) is 4.23. The minimum atomic E-state index is 0.302. The van der Waals surface area contributed by atoms with E-state index in [2.05, 4.69) is 48.6 Å². The highest BCUT2D eigenvalue weighted by atomic mass is 15.8. The summed E-state index contributed by atoms with van der Waals surface area (Å²) in [6.07, 6.45) is 4.93. The van der Waals surface area contributed by atoms with Crippen LogP contribution in [0.4, 0.5) is 0 Å². The second kappa shape index (κ2) is 4.26. The molecule has 16 heavy (non-hydrogen) atoms. The van der Waals surface area contributed by atoms with Gasteiger partial charge in [0.2, 0.25) is 0 Å². The number of rotatable bonds is 7. The molecular weight excluding hydrogens is 200 g/mol. The Bertz CT molecular complexity index is 231. The number of hydrazine groups is 2. The summed E-state index contributed by atoms with van der Waals surface area (Å²) in [7, 11) is 0.